The molecule has 0 rings (SSSR count). The van der Waals surface area contributed by atoms with E-state index in [0.29, 0.717) is 19.4 Å². The zero-order valence-electron chi connectivity index (χ0n) is 12.1. The molecule has 0 aromatic rings. The van der Waals surface area contributed by atoms with Gasteiger partial charge in [0.05, 0.1) is 6.61 Å². The molecule has 0 heterocycles. The molecule has 112 valence electrons. The molecule has 0 N–H and O–H groups in total. The molecule has 0 saturated heterocycles. The van der Waals surface area contributed by atoms with Gasteiger partial charge < -0.3 is 4.74 Å². The molecule has 0 aromatic carbocycles. The van der Waals surface area contributed by atoms with Crippen LogP contribution in [-0.2, 0) is 9.53 Å². The first-order chi connectivity index (χ1) is 9.16. The summed E-state index contributed by atoms with van der Waals surface area (Å²) in [7, 11) is 0. The Kier molecular flexibility index (Phi) is 12.5. The molecule has 0 saturated carbocycles. The topological polar surface area (TPSA) is 69.4 Å². The average molecular weight is 273 g/mol. The highest BCUT2D eigenvalue weighted by Crippen LogP contribution is 2.08. The molecule has 0 aliphatic rings. The maximum absolute atomic E-state index is 11.3. The summed E-state index contributed by atoms with van der Waals surface area (Å²) in [6, 6.07) is 0. The molecule has 0 aromatic heterocycles. The normalized spacial score (nSPS) is 10.4. The van der Waals surface area contributed by atoms with E-state index in [2.05, 4.69) is 6.92 Å². The van der Waals surface area contributed by atoms with Crippen molar-refractivity contribution in [2.24, 2.45) is 0 Å². The zero-order chi connectivity index (χ0) is 14.3. The zero-order valence-corrected chi connectivity index (χ0v) is 12.1. The predicted molar refractivity (Wildman–Crippen MR) is 74.7 cm³/mol. The molecule has 5 heteroatoms. The minimum atomic E-state index is -0.269. The molecule has 0 aliphatic carbocycles. The number of esters is 1. The summed E-state index contributed by atoms with van der Waals surface area (Å²) in [4.78, 5) is 21.1. The van der Waals surface area contributed by atoms with Crippen molar-refractivity contribution < 1.29 is 14.5 Å². The molecule has 0 aliphatic heterocycles. The van der Waals surface area contributed by atoms with Crippen molar-refractivity contribution in [3.8, 4) is 0 Å². The number of carbonyl (C=O) groups is 1. The number of unbranched alkanes of at least 4 members (excludes halogenated alkanes) is 7. The van der Waals surface area contributed by atoms with E-state index in [1.165, 1.54) is 0 Å². The first kappa shape index (κ1) is 17.9. The Hall–Kier alpha value is -1.13. The highest BCUT2D eigenvalue weighted by Gasteiger charge is 2.02. The predicted octanol–water partition coefficient (Wildman–Crippen LogP) is 3.73. The fourth-order valence-corrected chi connectivity index (χ4v) is 1.83. The molecular weight excluding hydrogens is 246 g/mol. The lowest BCUT2D eigenvalue weighted by Crippen LogP contribution is -2.05. The van der Waals surface area contributed by atoms with E-state index in [-0.39, 0.29) is 17.4 Å². The van der Waals surface area contributed by atoms with Crippen molar-refractivity contribution in [2.75, 3.05) is 13.2 Å². The van der Waals surface area contributed by atoms with E-state index in [0.717, 1.165) is 51.4 Å². The monoisotopic (exact) mass is 273 g/mol. The number of rotatable bonds is 13. The molecule has 5 nitrogen and oxygen atoms in total. The molecule has 19 heavy (non-hydrogen) atoms. The molecule has 0 spiro atoms. The summed E-state index contributed by atoms with van der Waals surface area (Å²) in [5.74, 6) is -0.0931. The molecule has 0 atom stereocenters. The van der Waals surface area contributed by atoms with Gasteiger partial charge in [0.15, 0.2) is 0 Å². The van der Waals surface area contributed by atoms with E-state index in [9.17, 15) is 14.9 Å². The number of ether oxygens (including phenoxy) is 1. The first-order valence-electron chi connectivity index (χ1n) is 7.44. The third-order valence-electron chi connectivity index (χ3n) is 2.98. The van der Waals surface area contributed by atoms with Crippen LogP contribution in [0.5, 0.6) is 0 Å². The first-order valence-corrected chi connectivity index (χ1v) is 7.44. The van der Waals surface area contributed by atoms with Gasteiger partial charge in [-0.3, -0.25) is 14.9 Å². The summed E-state index contributed by atoms with van der Waals surface area (Å²) in [6.07, 6.45) is 9.19. The molecule has 0 unspecified atom stereocenters. The fourth-order valence-electron chi connectivity index (χ4n) is 1.83. The van der Waals surface area contributed by atoms with Gasteiger partial charge in [-0.15, -0.1) is 0 Å². The number of carbonyl (C=O) groups excluding carboxylic acids is 1. The fraction of sp³-hybridized carbons (Fsp3) is 0.929. The third kappa shape index (κ3) is 14.8. The summed E-state index contributed by atoms with van der Waals surface area (Å²) in [5, 5.41) is 10.1. The van der Waals surface area contributed by atoms with Crippen molar-refractivity contribution in [1.29, 1.82) is 0 Å². The summed E-state index contributed by atoms with van der Waals surface area (Å²) in [6.45, 7) is 2.74. The largest absolute Gasteiger partial charge is 0.466 e. The van der Waals surface area contributed by atoms with Crippen LogP contribution in [0.1, 0.15) is 71.1 Å². The van der Waals surface area contributed by atoms with Crippen molar-refractivity contribution in [1.82, 2.24) is 0 Å². The van der Waals surface area contributed by atoms with Crippen molar-refractivity contribution in [3.05, 3.63) is 10.1 Å². The van der Waals surface area contributed by atoms with Gasteiger partial charge in [-0.1, -0.05) is 39.0 Å². The summed E-state index contributed by atoms with van der Waals surface area (Å²) >= 11 is 0. The minimum absolute atomic E-state index is 0.0735. The molecule has 0 bridgehead atoms. The van der Waals surface area contributed by atoms with Gasteiger partial charge in [0.1, 0.15) is 0 Å². The maximum Gasteiger partial charge on any atom is 0.305 e. The van der Waals surface area contributed by atoms with Gasteiger partial charge in [-0.2, -0.15) is 0 Å². The van der Waals surface area contributed by atoms with Crippen LogP contribution in [0.3, 0.4) is 0 Å². The van der Waals surface area contributed by atoms with Gasteiger partial charge in [-0.05, 0) is 19.3 Å². The van der Waals surface area contributed by atoms with Gasteiger partial charge >= 0.3 is 5.97 Å². The Morgan fingerprint density at radius 3 is 2.26 bits per heavy atom. The van der Waals surface area contributed by atoms with E-state index >= 15 is 0 Å². The second kappa shape index (κ2) is 13.3. The van der Waals surface area contributed by atoms with Crippen molar-refractivity contribution in [2.45, 2.75) is 71.1 Å². The lowest BCUT2D eigenvalue weighted by atomic mass is 10.1. The average Bonchev–Trinajstić information content (AvgIpc) is 2.37. The quantitative estimate of drug-likeness (QED) is 0.222. The van der Waals surface area contributed by atoms with Crippen LogP contribution in [0.2, 0.25) is 0 Å². The Balaban J connectivity index is 3.16. The highest BCUT2D eigenvalue weighted by atomic mass is 16.6. The van der Waals surface area contributed by atoms with Gasteiger partial charge in [0.2, 0.25) is 6.54 Å². The lowest BCUT2D eigenvalue weighted by Gasteiger charge is -2.04. The maximum atomic E-state index is 11.3. The van der Waals surface area contributed by atoms with Crippen molar-refractivity contribution in [3.63, 3.8) is 0 Å². The van der Waals surface area contributed by atoms with E-state index in [1.807, 2.05) is 0 Å². The van der Waals surface area contributed by atoms with Crippen LogP contribution in [0.15, 0.2) is 0 Å². The van der Waals surface area contributed by atoms with Crippen LogP contribution in [0, 0.1) is 10.1 Å². The minimum Gasteiger partial charge on any atom is -0.466 e. The van der Waals surface area contributed by atoms with Gasteiger partial charge in [-0.25, -0.2) is 0 Å². The third-order valence-corrected chi connectivity index (χ3v) is 2.98. The second-order valence-electron chi connectivity index (χ2n) is 4.86. The van der Waals surface area contributed by atoms with Crippen LogP contribution in [0.25, 0.3) is 0 Å². The number of nitrogens with zero attached hydrogens (tertiary/aromatic N) is 1. The Bertz CT molecular complexity index is 244. The summed E-state index contributed by atoms with van der Waals surface area (Å²) < 4.78 is 5.10. The van der Waals surface area contributed by atoms with Crippen LogP contribution < -0.4 is 0 Å². The Morgan fingerprint density at radius 2 is 1.63 bits per heavy atom. The molecular formula is C14H27NO4. The SMILES string of the molecule is CCCCCOC(=O)CCCCCCCC[N+](=O)[O-]. The number of hydrogen-bond donors (Lipinski definition) is 0. The van der Waals surface area contributed by atoms with Gasteiger partial charge in [0.25, 0.3) is 0 Å². The number of nitro groups is 1. The molecule has 0 radical (unpaired) electrons. The highest BCUT2D eigenvalue weighted by molar-refractivity contribution is 5.69. The Morgan fingerprint density at radius 1 is 1.00 bits per heavy atom. The van der Waals surface area contributed by atoms with Crippen LogP contribution >= 0.6 is 0 Å². The van der Waals surface area contributed by atoms with Crippen LogP contribution in [0.4, 0.5) is 0 Å². The summed E-state index contributed by atoms with van der Waals surface area (Å²) in [5.41, 5.74) is 0. The lowest BCUT2D eigenvalue weighted by molar-refractivity contribution is -0.480. The second-order valence-corrected chi connectivity index (χ2v) is 4.86. The van der Waals surface area contributed by atoms with E-state index in [4.69, 9.17) is 4.74 Å². The standard InChI is InChI=1S/C14H27NO4/c1-2-3-10-13-19-14(16)11-8-6-4-5-7-9-12-15(17)18/h2-13H2,1H3. The van der Waals surface area contributed by atoms with Gasteiger partial charge in [0, 0.05) is 17.8 Å². The van der Waals surface area contributed by atoms with Crippen LogP contribution in [-0.4, -0.2) is 24.0 Å². The van der Waals surface area contributed by atoms with E-state index in [1.54, 1.807) is 0 Å². The van der Waals surface area contributed by atoms with E-state index < -0.39 is 0 Å². The Labute approximate surface area is 115 Å². The smallest absolute Gasteiger partial charge is 0.305 e. The molecule has 0 fully saturated rings. The number of hydrogen-bond acceptors (Lipinski definition) is 4. The van der Waals surface area contributed by atoms with Crippen molar-refractivity contribution >= 4 is 5.97 Å². The molecule has 0 amide bonds.